The third-order valence-electron chi connectivity index (χ3n) is 1.94. The van der Waals surface area contributed by atoms with Crippen molar-refractivity contribution in [2.75, 3.05) is 0 Å². The van der Waals surface area contributed by atoms with Crippen molar-refractivity contribution in [2.24, 2.45) is 0 Å². The Bertz CT molecular complexity index is 516. The molecule has 0 radical (unpaired) electrons. The Morgan fingerprint density at radius 2 is 2.36 bits per heavy atom. The molecule has 0 spiro atoms. The van der Waals surface area contributed by atoms with Gasteiger partial charge in [-0.15, -0.1) is 0 Å². The van der Waals surface area contributed by atoms with Gasteiger partial charge in [0.25, 0.3) is 0 Å². The molecule has 0 amide bonds. The van der Waals surface area contributed by atoms with Crippen LogP contribution in [0.1, 0.15) is 20.8 Å². The Balaban J connectivity index is 2.85. The Labute approximate surface area is 78.4 Å². The molecule has 0 aliphatic heterocycles. The summed E-state index contributed by atoms with van der Waals surface area (Å²) in [4.78, 5) is 27.9. The number of carboxylic acids is 1. The first-order valence-corrected chi connectivity index (χ1v) is 3.89. The van der Waals surface area contributed by atoms with Gasteiger partial charge in [0, 0.05) is 11.6 Å². The van der Waals surface area contributed by atoms with Crippen molar-refractivity contribution in [3.05, 3.63) is 29.6 Å². The van der Waals surface area contributed by atoms with Crippen LogP contribution in [-0.4, -0.2) is 27.3 Å². The van der Waals surface area contributed by atoms with Crippen LogP contribution < -0.4 is 0 Å². The average molecular weight is 190 g/mol. The fourth-order valence-corrected chi connectivity index (χ4v) is 1.33. The van der Waals surface area contributed by atoms with E-state index in [1.54, 1.807) is 12.1 Å². The molecule has 2 heterocycles. The lowest BCUT2D eigenvalue weighted by molar-refractivity contribution is 0.0688. The summed E-state index contributed by atoms with van der Waals surface area (Å²) in [7, 11) is 0. The lowest BCUT2D eigenvalue weighted by Crippen LogP contribution is -2.00. The molecule has 0 bridgehead atoms. The molecule has 0 atom stereocenters. The van der Waals surface area contributed by atoms with Crippen molar-refractivity contribution in [2.45, 2.75) is 0 Å². The smallest absolute Gasteiger partial charge is 0.353 e. The van der Waals surface area contributed by atoms with Crippen molar-refractivity contribution in [1.29, 1.82) is 0 Å². The largest absolute Gasteiger partial charge is 0.477 e. The molecule has 14 heavy (non-hydrogen) atoms. The number of H-pyrrole nitrogens is 1. The van der Waals surface area contributed by atoms with E-state index >= 15 is 0 Å². The van der Waals surface area contributed by atoms with Crippen LogP contribution in [0.4, 0.5) is 0 Å². The first kappa shape index (κ1) is 8.43. The van der Waals surface area contributed by atoms with Gasteiger partial charge in [-0.1, -0.05) is 0 Å². The van der Waals surface area contributed by atoms with E-state index in [0.29, 0.717) is 17.3 Å². The summed E-state index contributed by atoms with van der Waals surface area (Å²) in [6.07, 6.45) is 2.04. The van der Waals surface area contributed by atoms with Crippen LogP contribution in [-0.2, 0) is 0 Å². The SMILES string of the molecule is O=Cc1c(C(=O)O)[nH]c2ncccc12. The fourth-order valence-electron chi connectivity index (χ4n) is 1.33. The Morgan fingerprint density at radius 3 is 3.00 bits per heavy atom. The predicted molar refractivity (Wildman–Crippen MR) is 48.4 cm³/mol. The quantitative estimate of drug-likeness (QED) is 0.694. The van der Waals surface area contributed by atoms with Gasteiger partial charge in [-0.05, 0) is 12.1 Å². The summed E-state index contributed by atoms with van der Waals surface area (Å²) >= 11 is 0. The minimum absolute atomic E-state index is 0.117. The normalized spacial score (nSPS) is 10.3. The summed E-state index contributed by atoms with van der Waals surface area (Å²) in [6, 6.07) is 3.30. The van der Waals surface area contributed by atoms with Gasteiger partial charge < -0.3 is 10.1 Å². The average Bonchev–Trinajstić information content (AvgIpc) is 2.56. The highest BCUT2D eigenvalue weighted by molar-refractivity contribution is 6.06. The second-order valence-corrected chi connectivity index (χ2v) is 2.74. The first-order chi connectivity index (χ1) is 6.74. The summed E-state index contributed by atoms with van der Waals surface area (Å²) in [6.45, 7) is 0. The van der Waals surface area contributed by atoms with E-state index in [-0.39, 0.29) is 11.3 Å². The van der Waals surface area contributed by atoms with E-state index in [1.807, 2.05) is 0 Å². The Morgan fingerprint density at radius 1 is 1.57 bits per heavy atom. The number of aromatic amines is 1. The number of fused-ring (bicyclic) bond motifs is 1. The van der Waals surface area contributed by atoms with Crippen molar-refractivity contribution >= 4 is 23.3 Å². The maximum Gasteiger partial charge on any atom is 0.353 e. The van der Waals surface area contributed by atoms with Crippen LogP contribution >= 0.6 is 0 Å². The molecule has 2 rings (SSSR count). The molecular formula is C9H6N2O3. The summed E-state index contributed by atoms with van der Waals surface area (Å²) < 4.78 is 0. The van der Waals surface area contributed by atoms with Crippen molar-refractivity contribution in [3.63, 3.8) is 0 Å². The number of aromatic carboxylic acids is 1. The maximum absolute atomic E-state index is 10.7. The van der Waals surface area contributed by atoms with Crippen molar-refractivity contribution in [3.8, 4) is 0 Å². The van der Waals surface area contributed by atoms with E-state index in [0.717, 1.165) is 0 Å². The monoisotopic (exact) mass is 190 g/mol. The van der Waals surface area contributed by atoms with Crippen LogP contribution in [0, 0.1) is 0 Å². The minimum Gasteiger partial charge on any atom is -0.477 e. The number of rotatable bonds is 2. The number of hydrogen-bond donors (Lipinski definition) is 2. The highest BCUT2D eigenvalue weighted by Crippen LogP contribution is 2.18. The number of aromatic nitrogens is 2. The van der Waals surface area contributed by atoms with Gasteiger partial charge in [0.05, 0.1) is 5.56 Å². The number of carbonyl (C=O) groups is 2. The lowest BCUT2D eigenvalue weighted by Gasteiger charge is -1.88. The van der Waals surface area contributed by atoms with Crippen LogP contribution in [0.25, 0.3) is 11.0 Å². The Kier molecular flexibility index (Phi) is 1.78. The molecule has 0 aliphatic carbocycles. The molecule has 5 nitrogen and oxygen atoms in total. The molecule has 0 saturated carbocycles. The summed E-state index contributed by atoms with van der Waals surface area (Å²) in [5, 5.41) is 9.31. The van der Waals surface area contributed by atoms with Gasteiger partial charge >= 0.3 is 5.97 Å². The number of hydrogen-bond acceptors (Lipinski definition) is 3. The van der Waals surface area contributed by atoms with Crippen LogP contribution in [0.2, 0.25) is 0 Å². The highest BCUT2D eigenvalue weighted by atomic mass is 16.4. The van der Waals surface area contributed by atoms with Crippen molar-refractivity contribution in [1.82, 2.24) is 9.97 Å². The van der Waals surface area contributed by atoms with Gasteiger partial charge in [-0.3, -0.25) is 4.79 Å². The predicted octanol–water partition coefficient (Wildman–Crippen LogP) is 1.07. The molecule has 2 aromatic heterocycles. The van der Waals surface area contributed by atoms with E-state index in [4.69, 9.17) is 5.11 Å². The summed E-state index contributed by atoms with van der Waals surface area (Å²) in [5.41, 5.74) is 0.432. The number of pyridine rings is 1. The van der Waals surface area contributed by atoms with E-state index in [1.165, 1.54) is 6.20 Å². The van der Waals surface area contributed by atoms with E-state index in [9.17, 15) is 9.59 Å². The summed E-state index contributed by atoms with van der Waals surface area (Å²) in [5.74, 6) is -1.16. The third-order valence-corrected chi connectivity index (χ3v) is 1.94. The number of carbonyl (C=O) groups excluding carboxylic acids is 1. The third kappa shape index (κ3) is 1.06. The zero-order valence-electron chi connectivity index (χ0n) is 7.02. The topological polar surface area (TPSA) is 83.0 Å². The molecule has 5 heteroatoms. The van der Waals surface area contributed by atoms with Gasteiger partial charge in [-0.2, -0.15) is 0 Å². The maximum atomic E-state index is 10.7. The first-order valence-electron chi connectivity index (χ1n) is 3.89. The van der Waals surface area contributed by atoms with Gasteiger partial charge in [0.2, 0.25) is 0 Å². The zero-order valence-corrected chi connectivity index (χ0v) is 7.02. The molecule has 0 aliphatic rings. The highest BCUT2D eigenvalue weighted by Gasteiger charge is 2.16. The molecule has 0 aromatic carbocycles. The molecular weight excluding hydrogens is 184 g/mol. The fraction of sp³-hybridized carbons (Fsp3) is 0. The van der Waals surface area contributed by atoms with Gasteiger partial charge in [-0.25, -0.2) is 9.78 Å². The zero-order chi connectivity index (χ0) is 10.1. The van der Waals surface area contributed by atoms with Gasteiger partial charge in [0.15, 0.2) is 6.29 Å². The van der Waals surface area contributed by atoms with Gasteiger partial charge in [0.1, 0.15) is 11.3 Å². The number of aldehydes is 1. The van der Waals surface area contributed by atoms with Crippen LogP contribution in [0.15, 0.2) is 18.3 Å². The molecule has 0 unspecified atom stereocenters. The second kappa shape index (κ2) is 2.95. The molecule has 2 aromatic rings. The van der Waals surface area contributed by atoms with E-state index in [2.05, 4.69) is 9.97 Å². The Hall–Kier alpha value is -2.17. The number of carboxylic acid groups (broad SMARTS) is 1. The molecule has 70 valence electrons. The lowest BCUT2D eigenvalue weighted by atomic mass is 10.2. The molecule has 0 fully saturated rings. The van der Waals surface area contributed by atoms with Crippen LogP contribution in [0.5, 0.6) is 0 Å². The second-order valence-electron chi connectivity index (χ2n) is 2.74. The van der Waals surface area contributed by atoms with Crippen molar-refractivity contribution < 1.29 is 14.7 Å². The number of nitrogens with one attached hydrogen (secondary N) is 1. The number of nitrogens with zero attached hydrogens (tertiary/aromatic N) is 1. The van der Waals surface area contributed by atoms with Crippen LogP contribution in [0.3, 0.4) is 0 Å². The molecule has 2 N–H and O–H groups in total. The minimum atomic E-state index is -1.16. The molecule has 0 saturated heterocycles. The van der Waals surface area contributed by atoms with E-state index < -0.39 is 5.97 Å². The standard InChI is InChI=1S/C9H6N2O3/c12-4-6-5-2-1-3-10-8(5)11-7(6)9(13)14/h1-4H,(H,10,11)(H,13,14).